The van der Waals surface area contributed by atoms with Gasteiger partial charge in [0.1, 0.15) is 12.4 Å². The lowest BCUT2D eigenvalue weighted by molar-refractivity contribution is -0.117. The van der Waals surface area contributed by atoms with Crippen LogP contribution in [0, 0.1) is 6.92 Å². The van der Waals surface area contributed by atoms with Gasteiger partial charge in [-0.15, -0.1) is 0 Å². The van der Waals surface area contributed by atoms with E-state index in [9.17, 15) is 4.79 Å². The van der Waals surface area contributed by atoms with Crippen LogP contribution in [0.15, 0.2) is 54.6 Å². The second-order valence-corrected chi connectivity index (χ2v) is 5.53. The normalized spacial score (nSPS) is 10.7. The van der Waals surface area contributed by atoms with Crippen LogP contribution in [-0.4, -0.2) is 10.9 Å². The number of benzene rings is 2. The molecule has 0 unspecified atom stereocenters. The third-order valence-corrected chi connectivity index (χ3v) is 3.64. The molecule has 1 amide bonds. The van der Waals surface area contributed by atoms with Crippen LogP contribution in [-0.2, 0) is 17.8 Å². The fraction of sp³-hybridized carbons (Fsp3) is 0.158. The number of nitrogens with zero attached hydrogens (tertiary/aromatic N) is 1. The average Bonchev–Trinajstić information content (AvgIpc) is 2.53. The molecule has 0 atom stereocenters. The topological polar surface area (TPSA) is 65.2 Å². The molecule has 0 aliphatic carbocycles. The summed E-state index contributed by atoms with van der Waals surface area (Å²) in [6.07, 6.45) is 0.156. The van der Waals surface area contributed by atoms with E-state index in [1.54, 1.807) is 0 Å². The van der Waals surface area contributed by atoms with E-state index >= 15 is 0 Å². The Bertz CT molecular complexity index is 845. The van der Waals surface area contributed by atoms with Crippen LogP contribution in [0.25, 0.3) is 10.9 Å². The molecule has 3 aromatic rings. The van der Waals surface area contributed by atoms with Gasteiger partial charge in [-0.2, -0.15) is 0 Å². The molecule has 0 radical (unpaired) electrons. The van der Waals surface area contributed by atoms with Crippen LogP contribution >= 0.6 is 0 Å². The molecule has 23 heavy (non-hydrogen) atoms. The zero-order valence-corrected chi connectivity index (χ0v) is 13.0. The summed E-state index contributed by atoms with van der Waals surface area (Å²) in [6.45, 7) is 2.52. The van der Waals surface area contributed by atoms with E-state index in [2.05, 4.69) is 4.98 Å². The maximum absolute atomic E-state index is 11.1. The van der Waals surface area contributed by atoms with Gasteiger partial charge in [-0.25, -0.2) is 0 Å². The predicted molar refractivity (Wildman–Crippen MR) is 90.2 cm³/mol. The number of aryl methyl sites for hydroxylation is 1. The SMILES string of the molecule is Cc1cc(CC(N)=O)nc2ccc(OCc3ccccc3)cc12. The first-order valence-corrected chi connectivity index (χ1v) is 7.47. The molecule has 0 bridgehead atoms. The third-order valence-electron chi connectivity index (χ3n) is 3.64. The van der Waals surface area contributed by atoms with Gasteiger partial charge < -0.3 is 10.5 Å². The lowest BCUT2D eigenvalue weighted by Gasteiger charge is -2.10. The molecule has 0 saturated heterocycles. The fourth-order valence-corrected chi connectivity index (χ4v) is 2.54. The largest absolute Gasteiger partial charge is 0.489 e. The van der Waals surface area contributed by atoms with Gasteiger partial charge in [-0.1, -0.05) is 30.3 Å². The second-order valence-electron chi connectivity index (χ2n) is 5.53. The zero-order chi connectivity index (χ0) is 16.2. The third kappa shape index (κ3) is 3.66. The maximum atomic E-state index is 11.1. The van der Waals surface area contributed by atoms with Gasteiger partial charge in [0.15, 0.2) is 0 Å². The molecule has 4 heteroatoms. The highest BCUT2D eigenvalue weighted by Crippen LogP contribution is 2.24. The molecule has 1 aromatic heterocycles. The Kier molecular flexibility index (Phi) is 4.24. The van der Waals surface area contributed by atoms with Crippen molar-refractivity contribution in [3.8, 4) is 5.75 Å². The average molecular weight is 306 g/mol. The summed E-state index contributed by atoms with van der Waals surface area (Å²) in [5.74, 6) is 0.424. The van der Waals surface area contributed by atoms with E-state index in [1.165, 1.54) is 0 Å². The van der Waals surface area contributed by atoms with Crippen molar-refractivity contribution >= 4 is 16.8 Å². The van der Waals surface area contributed by atoms with Crippen LogP contribution < -0.4 is 10.5 Å². The first-order chi connectivity index (χ1) is 11.1. The summed E-state index contributed by atoms with van der Waals surface area (Å²) in [7, 11) is 0. The maximum Gasteiger partial charge on any atom is 0.223 e. The minimum Gasteiger partial charge on any atom is -0.489 e. The molecule has 2 aromatic carbocycles. The lowest BCUT2D eigenvalue weighted by atomic mass is 10.1. The zero-order valence-electron chi connectivity index (χ0n) is 13.0. The van der Waals surface area contributed by atoms with E-state index in [1.807, 2.05) is 61.5 Å². The van der Waals surface area contributed by atoms with Gasteiger partial charge in [0, 0.05) is 5.39 Å². The van der Waals surface area contributed by atoms with E-state index in [4.69, 9.17) is 10.5 Å². The fourth-order valence-electron chi connectivity index (χ4n) is 2.54. The van der Waals surface area contributed by atoms with Crippen LogP contribution in [0.4, 0.5) is 0 Å². The van der Waals surface area contributed by atoms with Crippen LogP contribution in [0.2, 0.25) is 0 Å². The summed E-state index contributed by atoms with van der Waals surface area (Å²) in [4.78, 5) is 15.5. The highest BCUT2D eigenvalue weighted by Gasteiger charge is 2.07. The highest BCUT2D eigenvalue weighted by atomic mass is 16.5. The van der Waals surface area contributed by atoms with Crippen molar-refractivity contribution in [3.63, 3.8) is 0 Å². The number of pyridine rings is 1. The van der Waals surface area contributed by atoms with Crippen molar-refractivity contribution in [1.82, 2.24) is 4.98 Å². The Morgan fingerprint density at radius 3 is 2.65 bits per heavy atom. The van der Waals surface area contributed by atoms with Crippen molar-refractivity contribution in [1.29, 1.82) is 0 Å². The van der Waals surface area contributed by atoms with E-state index in [0.29, 0.717) is 12.3 Å². The summed E-state index contributed by atoms with van der Waals surface area (Å²) in [6, 6.07) is 17.7. The summed E-state index contributed by atoms with van der Waals surface area (Å²) in [5, 5.41) is 1.02. The number of fused-ring (bicyclic) bond motifs is 1. The highest BCUT2D eigenvalue weighted by molar-refractivity contribution is 5.84. The van der Waals surface area contributed by atoms with Crippen LogP contribution in [0.1, 0.15) is 16.8 Å². The second kappa shape index (κ2) is 6.48. The number of hydrogen-bond donors (Lipinski definition) is 1. The predicted octanol–water partition coefficient (Wildman–Crippen LogP) is 3.15. The molecule has 116 valence electrons. The molecule has 3 rings (SSSR count). The van der Waals surface area contributed by atoms with Gasteiger partial charge in [0.2, 0.25) is 5.91 Å². The lowest BCUT2D eigenvalue weighted by Crippen LogP contribution is -2.14. The van der Waals surface area contributed by atoms with E-state index in [-0.39, 0.29) is 12.3 Å². The number of amides is 1. The smallest absolute Gasteiger partial charge is 0.223 e. The van der Waals surface area contributed by atoms with E-state index in [0.717, 1.165) is 27.8 Å². The molecule has 0 aliphatic rings. The molecule has 1 heterocycles. The van der Waals surface area contributed by atoms with Gasteiger partial charge in [-0.05, 0) is 42.3 Å². The quantitative estimate of drug-likeness (QED) is 0.787. The monoisotopic (exact) mass is 306 g/mol. The molecule has 0 spiro atoms. The van der Waals surface area contributed by atoms with Crippen LogP contribution in [0.3, 0.4) is 0 Å². The first-order valence-electron chi connectivity index (χ1n) is 7.47. The molecule has 0 aliphatic heterocycles. The number of hydrogen-bond acceptors (Lipinski definition) is 3. The van der Waals surface area contributed by atoms with E-state index < -0.39 is 0 Å². The Balaban J connectivity index is 1.84. The molecular weight excluding hydrogens is 288 g/mol. The van der Waals surface area contributed by atoms with Crippen LogP contribution in [0.5, 0.6) is 5.75 Å². The number of ether oxygens (including phenoxy) is 1. The number of nitrogens with two attached hydrogens (primary N) is 1. The minimum absolute atomic E-state index is 0.156. The molecule has 4 nitrogen and oxygen atoms in total. The van der Waals surface area contributed by atoms with Crippen molar-refractivity contribution in [3.05, 3.63) is 71.4 Å². The molecule has 0 saturated carbocycles. The Morgan fingerprint density at radius 2 is 1.91 bits per heavy atom. The first kappa shape index (κ1) is 15.0. The van der Waals surface area contributed by atoms with Crippen molar-refractivity contribution < 1.29 is 9.53 Å². The van der Waals surface area contributed by atoms with Gasteiger partial charge >= 0.3 is 0 Å². The number of carbonyl (C=O) groups excluding carboxylic acids is 1. The molecular formula is C19H18N2O2. The summed E-state index contributed by atoms with van der Waals surface area (Å²) < 4.78 is 5.85. The number of carbonyl (C=O) groups is 1. The van der Waals surface area contributed by atoms with Crippen molar-refractivity contribution in [2.75, 3.05) is 0 Å². The number of aromatic nitrogens is 1. The van der Waals surface area contributed by atoms with Gasteiger partial charge in [0.25, 0.3) is 0 Å². The van der Waals surface area contributed by atoms with Crippen molar-refractivity contribution in [2.45, 2.75) is 20.0 Å². The Labute approximate surface area is 134 Å². The Morgan fingerprint density at radius 1 is 1.13 bits per heavy atom. The van der Waals surface area contributed by atoms with Gasteiger partial charge in [-0.3, -0.25) is 9.78 Å². The Hall–Kier alpha value is -2.88. The molecule has 0 fully saturated rings. The molecule has 2 N–H and O–H groups in total. The van der Waals surface area contributed by atoms with Crippen molar-refractivity contribution in [2.24, 2.45) is 5.73 Å². The van der Waals surface area contributed by atoms with Gasteiger partial charge in [0.05, 0.1) is 17.6 Å². The number of rotatable bonds is 5. The number of primary amides is 1. The summed E-state index contributed by atoms with van der Waals surface area (Å²) >= 11 is 0. The summed E-state index contributed by atoms with van der Waals surface area (Å²) in [5.41, 5.74) is 8.95. The standard InChI is InChI=1S/C19H18N2O2/c1-13-9-15(10-19(20)22)21-18-8-7-16(11-17(13)18)23-12-14-5-3-2-4-6-14/h2-9,11H,10,12H2,1H3,(H2,20,22). The minimum atomic E-state index is -0.376.